The zero-order chi connectivity index (χ0) is 20.9. The van der Waals surface area contributed by atoms with Crippen molar-refractivity contribution >= 4 is 31.1 Å². The molecule has 4 nitrogen and oxygen atoms in total. The molecule has 146 valence electrons. The molecule has 27 heavy (non-hydrogen) atoms. The van der Waals surface area contributed by atoms with Gasteiger partial charge >= 0.3 is 56.2 Å². The first-order valence-corrected chi connectivity index (χ1v) is 12.2. The maximum atomic E-state index is 10.3. The second-order valence-electron chi connectivity index (χ2n) is 5.73. The molecular weight excluding hydrogens is 370 g/mol. The van der Waals surface area contributed by atoms with Gasteiger partial charge in [0, 0.05) is 13.2 Å². The van der Waals surface area contributed by atoms with Gasteiger partial charge in [0.05, 0.1) is 0 Å². The average molecular weight is 402 g/mol. The van der Waals surface area contributed by atoms with Crippen LogP contribution >= 0.6 is 0 Å². The molecule has 2 rings (SSSR count). The van der Waals surface area contributed by atoms with Crippen LogP contribution in [-0.2, 0) is 7.58 Å². The quantitative estimate of drug-likeness (QED) is 0.711. The van der Waals surface area contributed by atoms with Crippen LogP contribution in [-0.4, -0.2) is 44.3 Å². The van der Waals surface area contributed by atoms with Gasteiger partial charge in [0.1, 0.15) is 0 Å². The summed E-state index contributed by atoms with van der Waals surface area (Å²) in [6.07, 6.45) is 0. The molecule has 0 aliphatic heterocycles. The molecule has 0 heterocycles. The monoisotopic (exact) mass is 402 g/mol. The zero-order valence-corrected chi connectivity index (χ0v) is 19.6. The van der Waals surface area contributed by atoms with Gasteiger partial charge in [-0.05, 0) is 13.8 Å². The van der Waals surface area contributed by atoms with E-state index >= 15 is 0 Å². The number of hydrogen-bond donors (Lipinski definition) is 0. The first kappa shape index (κ1) is 28.2. The van der Waals surface area contributed by atoms with Crippen LogP contribution in [0.4, 0.5) is 0 Å². The van der Waals surface area contributed by atoms with Gasteiger partial charge in [-0.2, -0.15) is 0 Å². The van der Waals surface area contributed by atoms with Crippen LogP contribution in [0, 0.1) is 5.92 Å². The minimum atomic E-state index is -1.20. The molecule has 0 spiro atoms. The largest absolute Gasteiger partial charge is 0.872 e. The van der Waals surface area contributed by atoms with Gasteiger partial charge in [-0.15, -0.1) is 11.5 Å². The Morgan fingerprint density at radius 2 is 1.11 bits per heavy atom. The van der Waals surface area contributed by atoms with Crippen LogP contribution in [0.5, 0.6) is 11.5 Å². The summed E-state index contributed by atoms with van der Waals surface area (Å²) < 4.78 is 10.4. The summed E-state index contributed by atoms with van der Waals surface area (Å²) >= 11 is 1.49. The first-order chi connectivity index (χ1) is 12.9. The smallest absolute Gasteiger partial charge is 0.671 e. The summed E-state index contributed by atoms with van der Waals surface area (Å²) in [4.78, 5) is 0. The van der Waals surface area contributed by atoms with E-state index in [1.54, 1.807) is 24.3 Å². The molecule has 0 atom stereocenters. The summed E-state index contributed by atoms with van der Waals surface area (Å²) in [6.45, 7) is 9.95. The standard InChI is InChI=1S/2C6H6O.C4H9.2C2H5O.CH3.2Al/c2*7-6-4-2-1-3-5-6;1-4(2)3;2*1-2-3;;;/h2*1-5,7H;4H,1H2,2-3H3;2*2H2,1H3;1H3;;/q;;;2*-1;;2*+2/p-2. The van der Waals surface area contributed by atoms with E-state index in [0.29, 0.717) is 0 Å². The Bertz CT molecular complexity index is 467. The zero-order valence-electron chi connectivity index (χ0n) is 17.3. The molecule has 0 aliphatic rings. The maximum Gasteiger partial charge on any atom is 0.671 e. The molecular formula is C21H32Al2O4. The maximum absolute atomic E-state index is 10.3. The molecule has 0 saturated heterocycles. The van der Waals surface area contributed by atoms with Gasteiger partial charge in [-0.1, -0.05) is 66.4 Å². The fraction of sp³-hybridized carbons (Fsp3) is 0.429. The molecule has 0 bridgehead atoms. The van der Waals surface area contributed by atoms with Crippen LogP contribution in [0.3, 0.4) is 0 Å². The van der Waals surface area contributed by atoms with Gasteiger partial charge in [0.15, 0.2) is 0 Å². The van der Waals surface area contributed by atoms with Crippen molar-refractivity contribution in [1.82, 2.24) is 0 Å². The second-order valence-corrected chi connectivity index (χ2v) is 8.01. The Balaban J connectivity index is 0. The normalized spacial score (nSPS) is 9.04. The van der Waals surface area contributed by atoms with Crippen LogP contribution in [0.25, 0.3) is 0 Å². The molecule has 0 aliphatic carbocycles. The second kappa shape index (κ2) is 21.3. The van der Waals surface area contributed by atoms with Gasteiger partial charge in [-0.3, -0.25) is 0 Å². The van der Waals surface area contributed by atoms with Gasteiger partial charge < -0.3 is 17.8 Å². The van der Waals surface area contributed by atoms with E-state index < -0.39 is 14.8 Å². The third-order valence-corrected chi connectivity index (χ3v) is 5.31. The van der Waals surface area contributed by atoms with E-state index in [1.807, 2.05) is 31.8 Å². The molecule has 0 N–H and O–H groups in total. The predicted molar refractivity (Wildman–Crippen MR) is 112 cm³/mol. The van der Waals surface area contributed by atoms with E-state index in [2.05, 4.69) is 30.1 Å². The summed E-state index contributed by atoms with van der Waals surface area (Å²) in [6, 6.07) is 16.7. The van der Waals surface area contributed by atoms with E-state index in [1.165, 1.54) is 29.5 Å². The number of rotatable bonds is 5. The molecule has 0 aromatic heterocycles. The Morgan fingerprint density at radius 1 is 0.815 bits per heavy atom. The fourth-order valence-electron chi connectivity index (χ4n) is 1.36. The van der Waals surface area contributed by atoms with Gasteiger partial charge in [-0.25, -0.2) is 0 Å². The number of para-hydroxylation sites is 2. The molecule has 0 fully saturated rings. The molecule has 0 amide bonds. The predicted octanol–water partition coefficient (Wildman–Crippen LogP) is 3.93. The number of hydrogen-bond acceptors (Lipinski definition) is 4. The molecule has 2 aromatic carbocycles. The average Bonchev–Trinajstić information content (AvgIpc) is 2.65. The topological polar surface area (TPSA) is 64.6 Å². The van der Waals surface area contributed by atoms with E-state index in [4.69, 9.17) is 7.58 Å². The molecule has 2 aromatic rings. The Labute approximate surface area is 178 Å². The summed E-state index contributed by atoms with van der Waals surface area (Å²) in [5, 5.41) is 21.8. The van der Waals surface area contributed by atoms with Gasteiger partial charge in [0.25, 0.3) is 0 Å². The van der Waals surface area contributed by atoms with E-state index in [-0.39, 0.29) is 11.5 Å². The summed E-state index contributed by atoms with van der Waals surface area (Å²) in [7, 11) is 0. The van der Waals surface area contributed by atoms with Gasteiger partial charge in [0.2, 0.25) is 0 Å². The minimum Gasteiger partial charge on any atom is -0.872 e. The molecule has 6 heteroatoms. The summed E-state index contributed by atoms with van der Waals surface area (Å²) in [5.41, 5.74) is 0. The van der Waals surface area contributed by atoms with Crippen LogP contribution in [0.1, 0.15) is 27.7 Å². The van der Waals surface area contributed by atoms with Crippen molar-refractivity contribution in [3.05, 3.63) is 60.7 Å². The Kier molecular flexibility index (Phi) is 22.3. The van der Waals surface area contributed by atoms with Crippen molar-refractivity contribution in [1.29, 1.82) is 0 Å². The van der Waals surface area contributed by atoms with Crippen molar-refractivity contribution in [2.45, 2.75) is 38.8 Å². The van der Waals surface area contributed by atoms with Crippen molar-refractivity contribution < 1.29 is 17.8 Å². The van der Waals surface area contributed by atoms with E-state index in [9.17, 15) is 10.2 Å². The summed E-state index contributed by atoms with van der Waals surface area (Å²) in [5.74, 6) is 3.03. The first-order valence-electron chi connectivity index (χ1n) is 9.24. The van der Waals surface area contributed by atoms with E-state index in [0.717, 1.165) is 19.1 Å². The minimum absolute atomic E-state index is 0.0718. The van der Waals surface area contributed by atoms with Crippen molar-refractivity contribution in [3.63, 3.8) is 0 Å². The Morgan fingerprint density at radius 3 is 1.26 bits per heavy atom. The molecule has 0 radical (unpaired) electrons. The molecule has 0 unspecified atom stereocenters. The third kappa shape index (κ3) is 25.0. The van der Waals surface area contributed by atoms with Crippen LogP contribution < -0.4 is 10.2 Å². The van der Waals surface area contributed by atoms with Crippen molar-refractivity contribution in [3.8, 4) is 11.5 Å². The molecule has 0 saturated carbocycles. The van der Waals surface area contributed by atoms with Crippen molar-refractivity contribution in [2.75, 3.05) is 13.2 Å². The number of benzene rings is 2. The van der Waals surface area contributed by atoms with Crippen LogP contribution in [0.15, 0.2) is 60.7 Å². The fourth-order valence-corrected chi connectivity index (χ4v) is 2.39. The third-order valence-electron chi connectivity index (χ3n) is 2.76. The SMILES string of the molecule is CC(C)[CH2][Al+2].CC[O][Al]([CH3])[O]CC.[O-]c1ccccc1.[O-]c1ccccc1. The van der Waals surface area contributed by atoms with Crippen molar-refractivity contribution in [2.24, 2.45) is 5.92 Å². The van der Waals surface area contributed by atoms with Crippen LogP contribution in [0.2, 0.25) is 11.1 Å². The Hall–Kier alpha value is -0.975.